The monoisotopic (exact) mass is 314 g/mol. The fourth-order valence-corrected chi connectivity index (χ4v) is 3.78. The van der Waals surface area contributed by atoms with E-state index in [0.29, 0.717) is 12.8 Å². The maximum Gasteiger partial charge on any atom is 0.246 e. The van der Waals surface area contributed by atoms with E-state index in [9.17, 15) is 9.59 Å². The maximum atomic E-state index is 12.9. The van der Waals surface area contributed by atoms with Crippen LogP contribution in [0.2, 0.25) is 0 Å². The van der Waals surface area contributed by atoms with Crippen LogP contribution in [0.5, 0.6) is 0 Å². The van der Waals surface area contributed by atoms with Gasteiger partial charge in [0.15, 0.2) is 0 Å². The molecule has 1 heterocycles. The first kappa shape index (κ1) is 16.0. The first-order valence-electron chi connectivity index (χ1n) is 8.77. The van der Waals surface area contributed by atoms with Crippen LogP contribution in [-0.2, 0) is 16.0 Å². The van der Waals surface area contributed by atoms with E-state index in [1.165, 1.54) is 18.4 Å². The number of hydrogen-bond donors (Lipinski definition) is 1. The minimum atomic E-state index is -0.770. The highest BCUT2D eigenvalue weighted by atomic mass is 16.2. The average molecular weight is 314 g/mol. The summed E-state index contributed by atoms with van der Waals surface area (Å²) in [5, 5.41) is 3.17. The summed E-state index contributed by atoms with van der Waals surface area (Å²) in [7, 11) is 0. The summed E-state index contributed by atoms with van der Waals surface area (Å²) in [6.07, 6.45) is 6.46. The Morgan fingerprint density at radius 1 is 1.26 bits per heavy atom. The van der Waals surface area contributed by atoms with E-state index in [1.54, 1.807) is 4.90 Å². The molecule has 1 saturated carbocycles. The summed E-state index contributed by atoms with van der Waals surface area (Å²) in [5.41, 5.74) is 1.29. The Balaban J connectivity index is 1.83. The number of carbonyl (C=O) groups is 2. The maximum absolute atomic E-state index is 12.9. The van der Waals surface area contributed by atoms with Crippen molar-refractivity contribution in [3.8, 4) is 0 Å². The molecule has 0 bridgehead atoms. The molecule has 1 N–H and O–H groups in total. The summed E-state index contributed by atoms with van der Waals surface area (Å²) in [6.45, 7) is 4.01. The average Bonchev–Trinajstić information content (AvgIpc) is 3.16. The standard InChI is InChI=1S/C19H26N2O2/c1-3-14-8-10-16(11-9-14)21-17(22)12-13-19(21,2)18(23)20-15-6-4-5-7-15/h8-11,15H,3-7,12-13H2,1-2H3,(H,20,23)/t19-/m1/s1. The number of aryl methyl sites for hydroxylation is 1. The third-order valence-corrected chi connectivity index (χ3v) is 5.35. The minimum absolute atomic E-state index is 0.00480. The molecule has 4 nitrogen and oxygen atoms in total. The Hall–Kier alpha value is -1.84. The molecule has 4 heteroatoms. The van der Waals surface area contributed by atoms with Crippen molar-refractivity contribution >= 4 is 17.5 Å². The van der Waals surface area contributed by atoms with Gasteiger partial charge in [0.1, 0.15) is 5.54 Å². The predicted octanol–water partition coefficient (Wildman–Crippen LogP) is 3.19. The third kappa shape index (κ3) is 2.99. The number of rotatable bonds is 4. The van der Waals surface area contributed by atoms with Crippen LogP contribution in [0.3, 0.4) is 0 Å². The molecule has 1 aliphatic heterocycles. The van der Waals surface area contributed by atoms with E-state index in [-0.39, 0.29) is 17.9 Å². The van der Waals surface area contributed by atoms with Crippen molar-refractivity contribution in [1.82, 2.24) is 5.32 Å². The van der Waals surface area contributed by atoms with Crippen LogP contribution >= 0.6 is 0 Å². The van der Waals surface area contributed by atoms with Crippen molar-refractivity contribution < 1.29 is 9.59 Å². The fourth-order valence-electron chi connectivity index (χ4n) is 3.78. The van der Waals surface area contributed by atoms with Crippen molar-refractivity contribution in [3.05, 3.63) is 29.8 Å². The Morgan fingerprint density at radius 3 is 2.52 bits per heavy atom. The molecule has 2 aliphatic rings. The lowest BCUT2D eigenvalue weighted by Crippen LogP contribution is -2.56. The molecule has 0 spiro atoms. The summed E-state index contributed by atoms with van der Waals surface area (Å²) >= 11 is 0. The van der Waals surface area contributed by atoms with Crippen LogP contribution in [0, 0.1) is 0 Å². The lowest BCUT2D eigenvalue weighted by molar-refractivity contribution is -0.127. The zero-order valence-corrected chi connectivity index (χ0v) is 14.1. The molecule has 124 valence electrons. The van der Waals surface area contributed by atoms with Crippen molar-refractivity contribution in [2.75, 3.05) is 4.90 Å². The van der Waals surface area contributed by atoms with Gasteiger partial charge in [-0.2, -0.15) is 0 Å². The topological polar surface area (TPSA) is 49.4 Å². The zero-order valence-electron chi connectivity index (χ0n) is 14.1. The molecule has 1 saturated heterocycles. The number of nitrogens with one attached hydrogen (secondary N) is 1. The summed E-state index contributed by atoms with van der Waals surface area (Å²) in [4.78, 5) is 27.0. The number of amides is 2. The van der Waals surface area contributed by atoms with Crippen LogP contribution in [0.25, 0.3) is 0 Å². The summed E-state index contributed by atoms with van der Waals surface area (Å²) in [6, 6.07) is 8.28. The van der Waals surface area contributed by atoms with E-state index in [4.69, 9.17) is 0 Å². The van der Waals surface area contributed by atoms with E-state index >= 15 is 0 Å². The number of hydrogen-bond acceptors (Lipinski definition) is 2. The second-order valence-electron chi connectivity index (χ2n) is 6.98. The predicted molar refractivity (Wildman–Crippen MR) is 91.3 cm³/mol. The van der Waals surface area contributed by atoms with Crippen LogP contribution in [0.4, 0.5) is 5.69 Å². The highest BCUT2D eigenvalue weighted by molar-refractivity contribution is 6.06. The minimum Gasteiger partial charge on any atom is -0.351 e. The Morgan fingerprint density at radius 2 is 1.91 bits per heavy atom. The van der Waals surface area contributed by atoms with Crippen molar-refractivity contribution in [3.63, 3.8) is 0 Å². The van der Waals surface area contributed by atoms with E-state index in [0.717, 1.165) is 24.9 Å². The molecular weight excluding hydrogens is 288 g/mol. The Bertz CT molecular complexity index is 590. The number of benzene rings is 1. The number of anilines is 1. The van der Waals surface area contributed by atoms with Gasteiger partial charge >= 0.3 is 0 Å². The Labute approximate surface area is 138 Å². The normalized spacial score (nSPS) is 25.1. The van der Waals surface area contributed by atoms with Crippen LogP contribution in [0.15, 0.2) is 24.3 Å². The molecule has 3 rings (SSSR count). The Kier molecular flexibility index (Phi) is 4.42. The van der Waals surface area contributed by atoms with Gasteiger partial charge in [-0.05, 0) is 50.3 Å². The quantitative estimate of drug-likeness (QED) is 0.928. The van der Waals surface area contributed by atoms with Crippen molar-refractivity contribution in [2.45, 2.75) is 70.4 Å². The van der Waals surface area contributed by atoms with Gasteiger partial charge in [-0.15, -0.1) is 0 Å². The molecule has 1 aromatic carbocycles. The fraction of sp³-hybridized carbons (Fsp3) is 0.579. The van der Waals surface area contributed by atoms with Crippen LogP contribution < -0.4 is 10.2 Å². The van der Waals surface area contributed by atoms with Gasteiger partial charge in [0.05, 0.1) is 0 Å². The summed E-state index contributed by atoms with van der Waals surface area (Å²) < 4.78 is 0. The number of carbonyl (C=O) groups excluding carboxylic acids is 2. The molecule has 1 aromatic rings. The molecule has 2 fully saturated rings. The van der Waals surface area contributed by atoms with Crippen molar-refractivity contribution in [2.24, 2.45) is 0 Å². The first-order chi connectivity index (χ1) is 11.0. The van der Waals surface area contributed by atoms with E-state index < -0.39 is 5.54 Å². The lowest BCUT2D eigenvalue weighted by atomic mass is 9.96. The molecule has 2 amide bonds. The van der Waals surface area contributed by atoms with Crippen LogP contribution in [-0.4, -0.2) is 23.4 Å². The van der Waals surface area contributed by atoms with Gasteiger partial charge in [-0.1, -0.05) is 31.9 Å². The highest BCUT2D eigenvalue weighted by Gasteiger charge is 2.48. The SMILES string of the molecule is CCc1ccc(N2C(=O)CC[C@]2(C)C(=O)NC2CCCC2)cc1. The molecule has 1 aliphatic carbocycles. The molecule has 1 atom stereocenters. The zero-order chi connectivity index (χ0) is 16.4. The molecule has 0 radical (unpaired) electrons. The highest BCUT2D eigenvalue weighted by Crippen LogP contribution is 2.36. The largest absolute Gasteiger partial charge is 0.351 e. The third-order valence-electron chi connectivity index (χ3n) is 5.35. The second kappa shape index (κ2) is 6.34. The van der Waals surface area contributed by atoms with Gasteiger partial charge in [-0.25, -0.2) is 0 Å². The second-order valence-corrected chi connectivity index (χ2v) is 6.98. The molecule has 23 heavy (non-hydrogen) atoms. The van der Waals surface area contributed by atoms with Gasteiger partial charge in [0.25, 0.3) is 0 Å². The molecule has 0 aromatic heterocycles. The van der Waals surface area contributed by atoms with E-state index in [1.807, 2.05) is 31.2 Å². The first-order valence-corrected chi connectivity index (χ1v) is 8.77. The smallest absolute Gasteiger partial charge is 0.246 e. The molecule has 0 unspecified atom stereocenters. The number of nitrogens with zero attached hydrogens (tertiary/aromatic N) is 1. The summed E-state index contributed by atoms with van der Waals surface area (Å²) in [5.74, 6) is 0.0353. The van der Waals surface area contributed by atoms with Crippen molar-refractivity contribution in [1.29, 1.82) is 0 Å². The van der Waals surface area contributed by atoms with Crippen LogP contribution in [0.1, 0.15) is 57.9 Å². The lowest BCUT2D eigenvalue weighted by Gasteiger charge is -2.35. The van der Waals surface area contributed by atoms with E-state index in [2.05, 4.69) is 12.2 Å². The molecular formula is C19H26N2O2. The van der Waals surface area contributed by atoms with Gasteiger partial charge < -0.3 is 5.32 Å². The van der Waals surface area contributed by atoms with Gasteiger partial charge in [-0.3, -0.25) is 14.5 Å². The van der Waals surface area contributed by atoms with Gasteiger partial charge in [0.2, 0.25) is 11.8 Å². The van der Waals surface area contributed by atoms with Gasteiger partial charge in [0, 0.05) is 18.2 Å².